The number of anilines is 1. The van der Waals surface area contributed by atoms with Gasteiger partial charge in [-0.15, -0.1) is 0 Å². The minimum Gasteiger partial charge on any atom is -0.595 e. The number of amidine groups is 1. The fraction of sp³-hybridized carbons (Fsp3) is 0.0833. The molecule has 5 N–H and O–H groups in total. The Morgan fingerprint density at radius 2 is 2.00 bits per heavy atom. The van der Waals surface area contributed by atoms with Crippen LogP contribution in [0.1, 0.15) is 11.3 Å². The second kappa shape index (κ2) is 6.26. The number of hydrogen-bond acceptors (Lipinski definition) is 8. The maximum absolute atomic E-state index is 13.3. The van der Waals surface area contributed by atoms with Crippen molar-refractivity contribution in [1.82, 2.24) is 9.97 Å². The predicted octanol–water partition coefficient (Wildman–Crippen LogP) is 1.25. The van der Waals surface area contributed by atoms with Gasteiger partial charge in [0.25, 0.3) is 6.49 Å². The normalized spacial score (nSPS) is 25.0. The van der Waals surface area contributed by atoms with E-state index in [9.17, 15) is 15.0 Å². The van der Waals surface area contributed by atoms with Crippen molar-refractivity contribution in [3.8, 4) is 0 Å². The van der Waals surface area contributed by atoms with Gasteiger partial charge in [-0.2, -0.15) is 5.23 Å². The van der Waals surface area contributed by atoms with E-state index in [0.717, 1.165) is 11.4 Å². The topological polar surface area (TPSA) is 141 Å². The minimum atomic E-state index is -3.30. The molecule has 0 aliphatic carbocycles. The SMILES string of the molecule is NC1=NC(c2ccccc2[NH+]([O-])O)P(=O)(Nc2ncccn2)S1. The molecule has 0 saturated carbocycles. The molecule has 1 aliphatic rings. The van der Waals surface area contributed by atoms with Gasteiger partial charge >= 0.3 is 0 Å². The number of nitrogens with zero attached hydrogens (tertiary/aromatic N) is 3. The van der Waals surface area contributed by atoms with Gasteiger partial charge in [0, 0.05) is 29.8 Å². The van der Waals surface area contributed by atoms with Crippen LogP contribution >= 0.6 is 17.9 Å². The zero-order valence-corrected chi connectivity index (χ0v) is 13.4. The highest BCUT2D eigenvalue weighted by atomic mass is 32.7. The van der Waals surface area contributed by atoms with E-state index >= 15 is 0 Å². The molecule has 1 aromatic heterocycles. The van der Waals surface area contributed by atoms with Crippen molar-refractivity contribution in [2.45, 2.75) is 5.78 Å². The molecular formula is C12H13N6O3PS. The van der Waals surface area contributed by atoms with Crippen LogP contribution in [0.3, 0.4) is 0 Å². The molecular weight excluding hydrogens is 339 g/mol. The summed E-state index contributed by atoms with van der Waals surface area (Å²) in [4.78, 5) is 12.1. The van der Waals surface area contributed by atoms with E-state index in [4.69, 9.17) is 5.73 Å². The van der Waals surface area contributed by atoms with E-state index in [1.54, 1.807) is 24.3 Å². The third-order valence-electron chi connectivity index (χ3n) is 3.09. The van der Waals surface area contributed by atoms with E-state index in [1.807, 2.05) is 0 Å². The molecule has 0 radical (unpaired) electrons. The molecule has 11 heteroatoms. The Morgan fingerprint density at radius 3 is 2.70 bits per heavy atom. The predicted molar refractivity (Wildman–Crippen MR) is 87.4 cm³/mol. The highest BCUT2D eigenvalue weighted by Gasteiger charge is 2.44. The first kappa shape index (κ1) is 15.9. The lowest BCUT2D eigenvalue weighted by atomic mass is 10.2. The van der Waals surface area contributed by atoms with Crippen LogP contribution < -0.4 is 16.0 Å². The number of hydrogen-bond donors (Lipinski definition) is 4. The molecule has 0 spiro atoms. The van der Waals surface area contributed by atoms with E-state index in [2.05, 4.69) is 20.0 Å². The zero-order chi connectivity index (χ0) is 16.4. The zero-order valence-electron chi connectivity index (χ0n) is 11.7. The molecule has 9 nitrogen and oxygen atoms in total. The van der Waals surface area contributed by atoms with Gasteiger partial charge in [-0.1, -0.05) is 18.2 Å². The molecule has 120 valence electrons. The number of quaternary nitrogens is 1. The third kappa shape index (κ3) is 3.21. The van der Waals surface area contributed by atoms with E-state index in [-0.39, 0.29) is 16.8 Å². The number of benzene rings is 1. The number of aliphatic imine (C=N–C) groups is 1. The molecule has 2 heterocycles. The van der Waals surface area contributed by atoms with Crippen molar-refractivity contribution < 1.29 is 15.0 Å². The van der Waals surface area contributed by atoms with Crippen LogP contribution in [0.5, 0.6) is 0 Å². The summed E-state index contributed by atoms with van der Waals surface area (Å²) in [6.07, 6.45) is 3.01. The average molecular weight is 352 g/mol. The molecule has 0 bridgehead atoms. The summed E-state index contributed by atoms with van der Waals surface area (Å²) in [5.74, 6) is -0.741. The molecule has 3 rings (SSSR count). The molecule has 1 aromatic carbocycles. The summed E-state index contributed by atoms with van der Waals surface area (Å²) in [6.45, 7) is -3.30. The standard InChI is InChI=1S/C12H13N6O3PS/c13-11-16-10(8-4-1-2-5-9(8)18(19)20)22(21,23-11)17-12-14-6-3-7-15-12/h1-7,10,18-19H,(H2,13,16)(H,14,15,17,21). The van der Waals surface area contributed by atoms with Crippen molar-refractivity contribution in [3.63, 3.8) is 0 Å². The number of aromatic nitrogens is 2. The highest BCUT2D eigenvalue weighted by Crippen LogP contribution is 2.72. The van der Waals surface area contributed by atoms with Gasteiger partial charge < -0.3 is 10.9 Å². The van der Waals surface area contributed by atoms with Crippen molar-refractivity contribution in [1.29, 1.82) is 0 Å². The fourth-order valence-electron chi connectivity index (χ4n) is 2.16. The van der Waals surface area contributed by atoms with Crippen LogP contribution in [0.25, 0.3) is 0 Å². The second-order valence-corrected chi connectivity index (χ2v) is 9.29. The lowest BCUT2D eigenvalue weighted by Gasteiger charge is -2.22. The molecule has 23 heavy (non-hydrogen) atoms. The molecule has 0 fully saturated rings. The Hall–Kier alpha value is -1.97. The van der Waals surface area contributed by atoms with Gasteiger partial charge in [-0.25, -0.2) is 20.2 Å². The lowest BCUT2D eigenvalue weighted by molar-refractivity contribution is -0.991. The summed E-state index contributed by atoms with van der Waals surface area (Å²) in [5.41, 5.74) is 6.10. The quantitative estimate of drug-likeness (QED) is 0.476. The molecule has 2 aromatic rings. The molecule has 0 amide bonds. The Balaban J connectivity index is 2.01. The van der Waals surface area contributed by atoms with Gasteiger partial charge in [0.2, 0.25) is 5.95 Å². The minimum absolute atomic E-state index is 0.0348. The molecule has 0 saturated heterocycles. The highest BCUT2D eigenvalue weighted by molar-refractivity contribution is 8.66. The van der Waals surface area contributed by atoms with Crippen molar-refractivity contribution in [2.75, 3.05) is 5.09 Å². The number of nitrogens with one attached hydrogen (secondary N) is 2. The first-order chi connectivity index (χ1) is 11.0. The maximum atomic E-state index is 13.3. The van der Waals surface area contributed by atoms with Crippen LogP contribution in [0.4, 0.5) is 11.6 Å². The van der Waals surface area contributed by atoms with Crippen LogP contribution in [-0.2, 0) is 4.57 Å². The first-order valence-corrected chi connectivity index (χ1v) is 9.69. The smallest absolute Gasteiger partial charge is 0.261 e. The summed E-state index contributed by atoms with van der Waals surface area (Å²) >= 11 is 0.885. The summed E-state index contributed by atoms with van der Waals surface area (Å²) in [7, 11) is 0. The van der Waals surface area contributed by atoms with Crippen LogP contribution in [-0.4, -0.2) is 20.3 Å². The maximum Gasteiger partial charge on any atom is 0.261 e. The van der Waals surface area contributed by atoms with Crippen molar-refractivity contribution >= 4 is 34.7 Å². The third-order valence-corrected chi connectivity index (χ3v) is 7.45. The van der Waals surface area contributed by atoms with Gasteiger partial charge in [0.05, 0.1) is 5.56 Å². The van der Waals surface area contributed by atoms with Crippen molar-refractivity contribution in [3.05, 3.63) is 53.5 Å². The van der Waals surface area contributed by atoms with Gasteiger partial charge in [0.15, 0.2) is 16.6 Å². The Morgan fingerprint density at radius 1 is 1.30 bits per heavy atom. The lowest BCUT2D eigenvalue weighted by Crippen LogP contribution is -2.99. The number of para-hydroxylation sites is 1. The van der Waals surface area contributed by atoms with Crippen molar-refractivity contribution in [2.24, 2.45) is 10.7 Å². The fourth-order valence-corrected chi connectivity index (χ4v) is 6.34. The summed E-state index contributed by atoms with van der Waals surface area (Å²) < 4.78 is 13.3. The van der Waals surface area contributed by atoms with Crippen LogP contribution in [0.15, 0.2) is 47.7 Å². The number of rotatable bonds is 4. The largest absolute Gasteiger partial charge is 0.595 e. The summed E-state index contributed by atoms with van der Waals surface area (Å²) in [6, 6.07) is 7.91. The van der Waals surface area contributed by atoms with Gasteiger partial charge in [-0.3, -0.25) is 9.65 Å². The Kier molecular flexibility index (Phi) is 4.33. The van der Waals surface area contributed by atoms with Gasteiger partial charge in [0.1, 0.15) is 0 Å². The second-order valence-electron chi connectivity index (χ2n) is 4.61. The average Bonchev–Trinajstić information content (AvgIpc) is 2.82. The van der Waals surface area contributed by atoms with Crippen LogP contribution in [0.2, 0.25) is 0 Å². The Labute approximate surface area is 135 Å². The first-order valence-electron chi connectivity index (χ1n) is 6.50. The molecule has 3 atom stereocenters. The molecule has 1 aliphatic heterocycles. The molecule has 3 unspecified atom stereocenters. The summed E-state index contributed by atoms with van der Waals surface area (Å²) in [5, 5.41) is 22.5. The Bertz CT molecular complexity index is 787. The van der Waals surface area contributed by atoms with E-state index in [0.29, 0.717) is 5.56 Å². The van der Waals surface area contributed by atoms with Crippen LogP contribution in [0, 0.1) is 5.21 Å². The van der Waals surface area contributed by atoms with E-state index < -0.39 is 17.5 Å². The van der Waals surface area contributed by atoms with Gasteiger partial charge in [-0.05, 0) is 6.07 Å². The number of nitrogens with two attached hydrogens (primary N) is 1. The monoisotopic (exact) mass is 352 g/mol. The van der Waals surface area contributed by atoms with E-state index in [1.165, 1.54) is 18.5 Å².